The number of carbonyl (C=O) groups is 2. The van der Waals surface area contributed by atoms with E-state index in [-0.39, 0.29) is 12.5 Å². The first-order valence-electron chi connectivity index (χ1n) is 9.24. The highest BCUT2D eigenvalue weighted by Gasteiger charge is 2.42. The molecule has 0 spiro atoms. The summed E-state index contributed by atoms with van der Waals surface area (Å²) in [6.07, 6.45) is 3.78. The summed E-state index contributed by atoms with van der Waals surface area (Å²) in [5.74, 6) is -0.526. The van der Waals surface area contributed by atoms with Gasteiger partial charge in [-0.3, -0.25) is 4.79 Å². The highest BCUT2D eigenvalue weighted by atomic mass is 16.5. The predicted octanol–water partition coefficient (Wildman–Crippen LogP) is 4.22. The second-order valence-corrected chi connectivity index (χ2v) is 7.27. The molecule has 0 saturated heterocycles. The van der Waals surface area contributed by atoms with Gasteiger partial charge in [0.1, 0.15) is 5.75 Å². The quantitative estimate of drug-likeness (QED) is 0.802. The zero-order valence-corrected chi connectivity index (χ0v) is 15.7. The van der Waals surface area contributed by atoms with Crippen molar-refractivity contribution in [1.82, 2.24) is 0 Å². The second-order valence-electron chi connectivity index (χ2n) is 7.27. The summed E-state index contributed by atoms with van der Waals surface area (Å²) in [5, 5.41) is 11.8. The summed E-state index contributed by atoms with van der Waals surface area (Å²) in [4.78, 5) is 23.9. The molecule has 0 aromatic heterocycles. The molecule has 3 rings (SSSR count). The van der Waals surface area contributed by atoms with E-state index in [1.54, 1.807) is 18.2 Å². The molecule has 0 radical (unpaired) electrons. The van der Waals surface area contributed by atoms with Gasteiger partial charge < -0.3 is 15.2 Å². The van der Waals surface area contributed by atoms with Gasteiger partial charge in [0.15, 0.2) is 6.61 Å². The molecule has 2 aromatic rings. The van der Waals surface area contributed by atoms with E-state index in [4.69, 9.17) is 9.84 Å². The largest absolute Gasteiger partial charge is 0.482 e. The van der Waals surface area contributed by atoms with Crippen molar-refractivity contribution in [3.8, 4) is 5.75 Å². The maximum absolute atomic E-state index is 13.3. The van der Waals surface area contributed by atoms with Crippen molar-refractivity contribution in [2.45, 2.75) is 44.9 Å². The molecule has 0 bridgehead atoms. The number of carboxylic acid groups (broad SMARTS) is 1. The summed E-state index contributed by atoms with van der Waals surface area (Å²) in [5.41, 5.74) is 3.31. The molecule has 1 aliphatic rings. The van der Waals surface area contributed by atoms with E-state index in [0.29, 0.717) is 5.75 Å². The lowest BCUT2D eigenvalue weighted by atomic mass is 9.77. The van der Waals surface area contributed by atoms with Crippen LogP contribution in [0, 0.1) is 13.8 Å². The molecule has 142 valence electrons. The zero-order valence-electron chi connectivity index (χ0n) is 15.7. The topological polar surface area (TPSA) is 75.6 Å². The third kappa shape index (κ3) is 4.13. The first-order valence-corrected chi connectivity index (χ1v) is 9.24. The van der Waals surface area contributed by atoms with Crippen molar-refractivity contribution in [3.63, 3.8) is 0 Å². The van der Waals surface area contributed by atoms with Gasteiger partial charge in [-0.25, -0.2) is 4.79 Å². The highest BCUT2D eigenvalue weighted by Crippen LogP contribution is 2.42. The molecule has 0 heterocycles. The Kier molecular flexibility index (Phi) is 5.49. The lowest BCUT2D eigenvalue weighted by Gasteiger charge is -2.29. The zero-order chi connectivity index (χ0) is 19.4. The predicted molar refractivity (Wildman–Crippen MR) is 104 cm³/mol. The average molecular weight is 367 g/mol. The minimum absolute atomic E-state index is 0.0212. The number of anilines is 1. The van der Waals surface area contributed by atoms with Crippen molar-refractivity contribution in [2.75, 3.05) is 11.9 Å². The van der Waals surface area contributed by atoms with E-state index < -0.39 is 11.4 Å². The van der Waals surface area contributed by atoms with Crippen molar-refractivity contribution in [2.24, 2.45) is 0 Å². The van der Waals surface area contributed by atoms with Crippen LogP contribution in [-0.2, 0) is 15.0 Å². The second kappa shape index (κ2) is 7.82. The van der Waals surface area contributed by atoms with E-state index in [0.717, 1.165) is 48.1 Å². The number of hydrogen-bond donors (Lipinski definition) is 2. The normalized spacial score (nSPS) is 15.3. The lowest BCUT2D eigenvalue weighted by Crippen LogP contribution is -2.38. The molecule has 2 N–H and O–H groups in total. The Morgan fingerprint density at radius 2 is 1.85 bits per heavy atom. The van der Waals surface area contributed by atoms with Crippen LogP contribution in [0.4, 0.5) is 5.69 Å². The molecule has 1 amide bonds. The van der Waals surface area contributed by atoms with Crippen LogP contribution in [0.2, 0.25) is 0 Å². The molecule has 0 atom stereocenters. The minimum Gasteiger partial charge on any atom is -0.482 e. The van der Waals surface area contributed by atoms with E-state index in [1.807, 2.05) is 32.0 Å². The molecule has 0 aliphatic heterocycles. The first kappa shape index (κ1) is 19.0. The molecular weight excluding hydrogens is 342 g/mol. The smallest absolute Gasteiger partial charge is 0.341 e. The maximum Gasteiger partial charge on any atom is 0.341 e. The average Bonchev–Trinajstić information content (AvgIpc) is 3.13. The van der Waals surface area contributed by atoms with E-state index in [2.05, 4.69) is 11.4 Å². The van der Waals surface area contributed by atoms with Gasteiger partial charge in [-0.1, -0.05) is 42.7 Å². The van der Waals surface area contributed by atoms with Crippen LogP contribution in [0.5, 0.6) is 5.75 Å². The van der Waals surface area contributed by atoms with Crippen molar-refractivity contribution < 1.29 is 19.4 Å². The third-order valence-electron chi connectivity index (χ3n) is 5.27. The standard InChI is InChI=1S/C22H25NO4/c1-15-6-5-7-17(12-15)22(10-3-4-11-22)21(26)23-19-9-8-18(13-16(19)2)27-14-20(24)25/h5-9,12-13H,3-4,10-11,14H2,1-2H3,(H,23,26)(H,24,25). The summed E-state index contributed by atoms with van der Waals surface area (Å²) in [7, 11) is 0. The summed E-state index contributed by atoms with van der Waals surface area (Å²) < 4.78 is 5.20. The summed E-state index contributed by atoms with van der Waals surface area (Å²) >= 11 is 0. The van der Waals surface area contributed by atoms with E-state index >= 15 is 0 Å². The van der Waals surface area contributed by atoms with Gasteiger partial charge in [-0.15, -0.1) is 0 Å². The summed E-state index contributed by atoms with van der Waals surface area (Å²) in [6, 6.07) is 13.4. The number of rotatable bonds is 6. The molecule has 5 heteroatoms. The Labute approximate surface area is 159 Å². The molecule has 1 saturated carbocycles. The fourth-order valence-electron chi connectivity index (χ4n) is 3.82. The van der Waals surface area contributed by atoms with Crippen LogP contribution in [-0.4, -0.2) is 23.6 Å². The van der Waals surface area contributed by atoms with Crippen molar-refractivity contribution in [3.05, 3.63) is 59.2 Å². The first-order chi connectivity index (χ1) is 12.9. The Balaban J connectivity index is 1.81. The number of aliphatic carboxylic acids is 1. The van der Waals surface area contributed by atoms with Crippen LogP contribution in [0.15, 0.2) is 42.5 Å². The molecule has 5 nitrogen and oxygen atoms in total. The van der Waals surface area contributed by atoms with Gasteiger partial charge >= 0.3 is 5.97 Å². The Hall–Kier alpha value is -2.82. The number of ether oxygens (including phenoxy) is 1. The van der Waals surface area contributed by atoms with Crippen LogP contribution >= 0.6 is 0 Å². The van der Waals surface area contributed by atoms with Gasteiger partial charge in [-0.05, 0) is 56.0 Å². The number of benzene rings is 2. The Bertz CT molecular complexity index is 853. The molecule has 2 aromatic carbocycles. The molecular formula is C22H25NO4. The fraction of sp³-hybridized carbons (Fsp3) is 0.364. The number of amides is 1. The highest BCUT2D eigenvalue weighted by molar-refractivity contribution is 6.00. The van der Waals surface area contributed by atoms with Gasteiger partial charge in [-0.2, -0.15) is 0 Å². The number of carbonyl (C=O) groups excluding carboxylic acids is 1. The van der Waals surface area contributed by atoms with E-state index in [9.17, 15) is 9.59 Å². The van der Waals surface area contributed by atoms with E-state index in [1.165, 1.54) is 0 Å². The van der Waals surface area contributed by atoms with Crippen molar-refractivity contribution in [1.29, 1.82) is 0 Å². The Morgan fingerprint density at radius 3 is 2.48 bits per heavy atom. The number of carboxylic acids is 1. The third-order valence-corrected chi connectivity index (χ3v) is 5.27. The van der Waals surface area contributed by atoms with Gasteiger partial charge in [0.2, 0.25) is 5.91 Å². The SMILES string of the molecule is Cc1cccc(C2(C(=O)Nc3ccc(OCC(=O)O)cc3C)CCCC2)c1. The van der Waals surface area contributed by atoms with Crippen molar-refractivity contribution >= 4 is 17.6 Å². The van der Waals surface area contributed by atoms with Crippen LogP contribution < -0.4 is 10.1 Å². The monoisotopic (exact) mass is 367 g/mol. The van der Waals surface area contributed by atoms with Crippen LogP contribution in [0.1, 0.15) is 42.4 Å². The number of hydrogen-bond acceptors (Lipinski definition) is 3. The van der Waals surface area contributed by atoms with Crippen LogP contribution in [0.25, 0.3) is 0 Å². The number of nitrogens with one attached hydrogen (secondary N) is 1. The summed E-state index contributed by atoms with van der Waals surface area (Å²) in [6.45, 7) is 3.53. The van der Waals surface area contributed by atoms with Gasteiger partial charge in [0, 0.05) is 5.69 Å². The lowest BCUT2D eigenvalue weighted by molar-refractivity contribution is -0.139. The molecule has 0 unspecified atom stereocenters. The van der Waals surface area contributed by atoms with Gasteiger partial charge in [0.25, 0.3) is 0 Å². The molecule has 1 fully saturated rings. The number of aryl methyl sites for hydroxylation is 2. The fourth-order valence-corrected chi connectivity index (χ4v) is 3.82. The minimum atomic E-state index is -1.02. The Morgan fingerprint density at radius 1 is 1.11 bits per heavy atom. The van der Waals surface area contributed by atoms with Gasteiger partial charge in [0.05, 0.1) is 5.41 Å². The maximum atomic E-state index is 13.3. The molecule has 27 heavy (non-hydrogen) atoms. The van der Waals surface area contributed by atoms with Crippen LogP contribution in [0.3, 0.4) is 0 Å². The molecule has 1 aliphatic carbocycles.